The van der Waals surface area contributed by atoms with Crippen LogP contribution in [0.3, 0.4) is 0 Å². The second kappa shape index (κ2) is 9.60. The fraction of sp³-hybridized carbons (Fsp3) is 0.250. The Morgan fingerprint density at radius 2 is 1.74 bits per heavy atom. The number of carbonyl (C=O) groups excluding carboxylic acids is 1. The van der Waals surface area contributed by atoms with E-state index in [0.29, 0.717) is 22.8 Å². The van der Waals surface area contributed by atoms with E-state index < -0.39 is 0 Å². The number of carbonyl (C=O) groups is 1. The number of nitrogen functional groups attached to an aromatic ring is 1. The molecule has 0 spiro atoms. The van der Waals surface area contributed by atoms with Gasteiger partial charge in [0.2, 0.25) is 5.75 Å². The number of hydrogen-bond donors (Lipinski definition) is 1. The van der Waals surface area contributed by atoms with Crippen molar-refractivity contribution in [3.63, 3.8) is 0 Å². The Kier molecular flexibility index (Phi) is 6.36. The second-order valence-electron chi connectivity index (χ2n) is 8.61. The highest BCUT2D eigenvalue weighted by atomic mass is 32.1. The Balaban J connectivity index is 1.49. The molecule has 0 fully saturated rings. The van der Waals surface area contributed by atoms with Crippen molar-refractivity contribution in [3.8, 4) is 28.4 Å². The molecule has 3 aromatic carbocycles. The van der Waals surface area contributed by atoms with E-state index in [1.165, 1.54) is 10.4 Å². The van der Waals surface area contributed by atoms with Crippen LogP contribution in [-0.4, -0.2) is 39.1 Å². The van der Waals surface area contributed by atoms with Gasteiger partial charge >= 0.3 is 0 Å². The average Bonchev–Trinajstić information content (AvgIpc) is 3.21. The van der Waals surface area contributed by atoms with Crippen molar-refractivity contribution in [2.75, 3.05) is 33.6 Å². The Labute approximate surface area is 208 Å². The number of fused-ring (bicyclic) bond motifs is 2. The monoisotopic (exact) mass is 488 g/mol. The maximum atomic E-state index is 12.0. The summed E-state index contributed by atoms with van der Waals surface area (Å²) in [6.45, 7) is 2.42. The first kappa shape index (κ1) is 23.2. The zero-order valence-electron chi connectivity index (χ0n) is 20.1. The highest BCUT2D eigenvalue weighted by Crippen LogP contribution is 2.45. The Bertz CT molecular complexity index is 1390. The molecule has 2 heterocycles. The summed E-state index contributed by atoms with van der Waals surface area (Å²) in [5.41, 5.74) is 11.6. The van der Waals surface area contributed by atoms with Gasteiger partial charge in [-0.3, -0.25) is 9.69 Å². The number of nitrogens with two attached hydrogens (primary N) is 1. The fourth-order valence-electron chi connectivity index (χ4n) is 5.04. The lowest BCUT2D eigenvalue weighted by Gasteiger charge is -2.28. The molecule has 7 heteroatoms. The molecule has 4 aromatic rings. The molecule has 0 unspecified atom stereocenters. The van der Waals surface area contributed by atoms with E-state index in [-0.39, 0.29) is 0 Å². The first-order valence-electron chi connectivity index (χ1n) is 11.5. The minimum Gasteiger partial charge on any atom is -0.493 e. The van der Waals surface area contributed by atoms with Crippen LogP contribution < -0.4 is 19.9 Å². The topological polar surface area (TPSA) is 74.0 Å². The second-order valence-corrected chi connectivity index (χ2v) is 9.74. The molecule has 0 saturated heterocycles. The summed E-state index contributed by atoms with van der Waals surface area (Å²) in [4.78, 5) is 15.6. The van der Waals surface area contributed by atoms with Gasteiger partial charge in [0.05, 0.1) is 26.3 Å². The number of aldehydes is 1. The maximum absolute atomic E-state index is 12.0. The van der Waals surface area contributed by atoms with Gasteiger partial charge < -0.3 is 19.9 Å². The molecule has 2 N–H and O–H groups in total. The van der Waals surface area contributed by atoms with Crippen molar-refractivity contribution in [2.45, 2.75) is 19.5 Å². The molecule has 0 amide bonds. The molecular formula is C28H28N2O4S. The van der Waals surface area contributed by atoms with Gasteiger partial charge in [0, 0.05) is 41.2 Å². The molecule has 6 nitrogen and oxygen atoms in total. The largest absolute Gasteiger partial charge is 0.493 e. The summed E-state index contributed by atoms with van der Waals surface area (Å²) in [5, 5.41) is 2.93. The number of ether oxygens (including phenoxy) is 3. The van der Waals surface area contributed by atoms with Gasteiger partial charge in [-0.15, -0.1) is 11.3 Å². The van der Waals surface area contributed by atoms with Crippen LogP contribution in [0.5, 0.6) is 17.2 Å². The van der Waals surface area contributed by atoms with Crippen molar-refractivity contribution in [1.82, 2.24) is 4.90 Å². The molecule has 0 radical (unpaired) electrons. The predicted molar refractivity (Wildman–Crippen MR) is 141 cm³/mol. The Morgan fingerprint density at radius 3 is 2.43 bits per heavy atom. The van der Waals surface area contributed by atoms with Crippen LogP contribution in [0.4, 0.5) is 5.00 Å². The summed E-state index contributed by atoms with van der Waals surface area (Å²) >= 11 is 1.63. The Hall–Kier alpha value is -3.55. The normalized spacial score (nSPS) is 13.5. The summed E-state index contributed by atoms with van der Waals surface area (Å²) < 4.78 is 16.5. The highest BCUT2D eigenvalue weighted by Gasteiger charge is 2.27. The lowest BCUT2D eigenvalue weighted by Crippen LogP contribution is -2.29. The molecule has 1 aliphatic heterocycles. The van der Waals surface area contributed by atoms with Gasteiger partial charge in [-0.2, -0.15) is 0 Å². The molecule has 0 saturated carbocycles. The molecule has 0 aliphatic carbocycles. The average molecular weight is 489 g/mol. The molecule has 5 rings (SSSR count). The van der Waals surface area contributed by atoms with Gasteiger partial charge in [0.15, 0.2) is 17.8 Å². The molecule has 0 bridgehead atoms. The highest BCUT2D eigenvalue weighted by molar-refractivity contribution is 7.16. The van der Waals surface area contributed by atoms with E-state index in [1.807, 2.05) is 36.4 Å². The SMILES string of the molecule is COc1cc(CN2CCc3c(sc(N)c3-c3c(C=O)ccc4ccccc34)C2)cc(OC)c1OC. The van der Waals surface area contributed by atoms with E-state index in [2.05, 4.69) is 17.0 Å². The molecule has 0 atom stereocenters. The van der Waals surface area contributed by atoms with E-state index in [1.54, 1.807) is 32.7 Å². The summed E-state index contributed by atoms with van der Waals surface area (Å²) in [7, 11) is 4.87. The molecule has 180 valence electrons. The molecular weight excluding hydrogens is 460 g/mol. The van der Waals surface area contributed by atoms with E-state index in [9.17, 15) is 4.79 Å². The summed E-state index contributed by atoms with van der Waals surface area (Å²) in [6, 6.07) is 16.1. The number of thiophene rings is 1. The first-order valence-corrected chi connectivity index (χ1v) is 12.3. The van der Waals surface area contributed by atoms with Gasteiger partial charge in [-0.05, 0) is 40.5 Å². The van der Waals surface area contributed by atoms with Crippen LogP contribution in [0.25, 0.3) is 21.9 Å². The smallest absolute Gasteiger partial charge is 0.203 e. The van der Waals surface area contributed by atoms with Crippen LogP contribution in [0, 0.1) is 0 Å². The van der Waals surface area contributed by atoms with Gasteiger partial charge in [-0.1, -0.05) is 36.4 Å². The minimum absolute atomic E-state index is 0.594. The van der Waals surface area contributed by atoms with Gasteiger partial charge in [-0.25, -0.2) is 0 Å². The zero-order chi connectivity index (χ0) is 24.5. The number of methoxy groups -OCH3 is 3. The van der Waals surface area contributed by atoms with Crippen molar-refractivity contribution < 1.29 is 19.0 Å². The standard InChI is InChI=1S/C28H28N2O4S/c1-32-22-12-17(13-23(33-2)27(22)34-3)14-30-11-10-21-24(15-30)35-28(29)26(21)25-19(16-31)9-8-18-6-4-5-7-20(18)25/h4-9,12-13,16H,10-11,14-15,29H2,1-3H3. The number of rotatable bonds is 7. The number of nitrogens with zero attached hydrogens (tertiary/aromatic N) is 1. The van der Waals surface area contributed by atoms with Crippen molar-refractivity contribution in [1.29, 1.82) is 0 Å². The van der Waals surface area contributed by atoms with Crippen molar-refractivity contribution in [2.24, 2.45) is 0 Å². The van der Waals surface area contributed by atoms with Crippen molar-refractivity contribution in [3.05, 3.63) is 70.1 Å². The fourth-order valence-corrected chi connectivity index (χ4v) is 6.20. The first-order chi connectivity index (χ1) is 17.1. The number of benzene rings is 3. The van der Waals surface area contributed by atoms with E-state index >= 15 is 0 Å². The molecule has 35 heavy (non-hydrogen) atoms. The zero-order valence-corrected chi connectivity index (χ0v) is 20.9. The minimum atomic E-state index is 0.594. The van der Waals surface area contributed by atoms with Crippen LogP contribution in [-0.2, 0) is 19.5 Å². The molecule has 1 aliphatic rings. The van der Waals surface area contributed by atoms with E-state index in [0.717, 1.165) is 64.8 Å². The summed E-state index contributed by atoms with van der Waals surface area (Å²) in [6.07, 6.45) is 1.80. The summed E-state index contributed by atoms with van der Waals surface area (Å²) in [5.74, 6) is 1.90. The lowest BCUT2D eigenvalue weighted by molar-refractivity contribution is 0.112. The van der Waals surface area contributed by atoms with Crippen molar-refractivity contribution >= 4 is 33.4 Å². The molecule has 1 aromatic heterocycles. The quantitative estimate of drug-likeness (QED) is 0.344. The number of anilines is 1. The lowest BCUT2D eigenvalue weighted by atomic mass is 9.90. The van der Waals surface area contributed by atoms with Gasteiger partial charge in [0.25, 0.3) is 0 Å². The van der Waals surface area contributed by atoms with Crippen LogP contribution in [0.2, 0.25) is 0 Å². The Morgan fingerprint density at radius 1 is 1.00 bits per heavy atom. The maximum Gasteiger partial charge on any atom is 0.203 e. The van der Waals surface area contributed by atoms with E-state index in [4.69, 9.17) is 19.9 Å². The third kappa shape index (κ3) is 4.11. The van der Waals surface area contributed by atoms with Gasteiger partial charge in [0.1, 0.15) is 0 Å². The predicted octanol–water partition coefficient (Wildman–Crippen LogP) is 5.55. The van der Waals surface area contributed by atoms with Crippen LogP contribution in [0.15, 0.2) is 48.5 Å². The third-order valence-corrected chi connectivity index (χ3v) is 7.68. The van der Waals surface area contributed by atoms with Crippen LogP contribution in [0.1, 0.15) is 26.4 Å². The number of hydrogen-bond acceptors (Lipinski definition) is 7. The van der Waals surface area contributed by atoms with Crippen LogP contribution >= 0.6 is 11.3 Å². The third-order valence-electron chi connectivity index (χ3n) is 6.63.